The monoisotopic (exact) mass is 338 g/mol. The number of hydrogen-bond donors (Lipinski definition) is 1. The molecule has 5 heteroatoms. The summed E-state index contributed by atoms with van der Waals surface area (Å²) in [5.41, 5.74) is 1.22. The second-order valence-corrected chi connectivity index (χ2v) is 6.95. The average molecular weight is 339 g/mol. The lowest BCUT2D eigenvalue weighted by Gasteiger charge is -2.22. The number of halogens is 1. The molecule has 3 atom stereocenters. The van der Waals surface area contributed by atoms with Crippen LogP contribution in [0.3, 0.4) is 0 Å². The molecule has 1 aromatic rings. The van der Waals surface area contributed by atoms with Crippen LogP contribution in [0.15, 0.2) is 22.7 Å². The van der Waals surface area contributed by atoms with Gasteiger partial charge in [-0.05, 0) is 55.2 Å². The summed E-state index contributed by atoms with van der Waals surface area (Å²) < 4.78 is 0.812. The molecule has 2 fully saturated rings. The molecule has 2 aliphatic rings. The van der Waals surface area contributed by atoms with Gasteiger partial charge >= 0.3 is 0 Å². The Kier molecular flexibility index (Phi) is 4.08. The third kappa shape index (κ3) is 2.88. The number of rotatable bonds is 5. The maximum Gasteiger partial charge on any atom is 0.270 e. The molecular weight excluding hydrogens is 320 g/mol. The number of nitro benzene ring substituents is 1. The lowest BCUT2D eigenvalue weighted by atomic mass is 9.89. The van der Waals surface area contributed by atoms with Gasteiger partial charge in [0.1, 0.15) is 0 Å². The molecular formula is C15H19BrN2O2. The van der Waals surface area contributed by atoms with Gasteiger partial charge < -0.3 is 5.32 Å². The van der Waals surface area contributed by atoms with Gasteiger partial charge in [0, 0.05) is 23.2 Å². The van der Waals surface area contributed by atoms with E-state index in [1.165, 1.54) is 25.7 Å². The van der Waals surface area contributed by atoms with Crippen molar-refractivity contribution in [2.75, 3.05) is 6.54 Å². The van der Waals surface area contributed by atoms with Crippen LogP contribution in [-0.4, -0.2) is 11.5 Å². The van der Waals surface area contributed by atoms with Crippen LogP contribution in [0.1, 0.15) is 31.2 Å². The highest BCUT2D eigenvalue weighted by atomic mass is 79.9. The summed E-state index contributed by atoms with van der Waals surface area (Å²) >= 11 is 3.42. The van der Waals surface area contributed by atoms with E-state index in [-0.39, 0.29) is 10.6 Å². The van der Waals surface area contributed by atoms with Gasteiger partial charge in [0.2, 0.25) is 0 Å². The van der Waals surface area contributed by atoms with Gasteiger partial charge in [0.15, 0.2) is 0 Å². The molecule has 2 aliphatic carbocycles. The number of nitrogens with one attached hydrogen (secondary N) is 1. The van der Waals surface area contributed by atoms with E-state index < -0.39 is 0 Å². The minimum atomic E-state index is -0.364. The van der Waals surface area contributed by atoms with Crippen LogP contribution in [0.4, 0.5) is 5.69 Å². The highest BCUT2D eigenvalue weighted by Gasteiger charge is 2.38. The van der Waals surface area contributed by atoms with Crippen LogP contribution in [-0.2, 0) is 6.54 Å². The molecule has 0 aromatic heterocycles. The molecule has 2 bridgehead atoms. The van der Waals surface area contributed by atoms with Gasteiger partial charge in [-0.2, -0.15) is 0 Å². The van der Waals surface area contributed by atoms with Crippen molar-refractivity contribution in [1.82, 2.24) is 5.32 Å². The maximum absolute atomic E-state index is 10.7. The highest BCUT2D eigenvalue weighted by molar-refractivity contribution is 9.10. The van der Waals surface area contributed by atoms with Crippen LogP contribution in [0.2, 0.25) is 0 Å². The van der Waals surface area contributed by atoms with Crippen LogP contribution in [0.25, 0.3) is 0 Å². The van der Waals surface area contributed by atoms with Crippen molar-refractivity contribution < 1.29 is 4.92 Å². The van der Waals surface area contributed by atoms with Crippen LogP contribution in [0.5, 0.6) is 0 Å². The molecule has 0 saturated heterocycles. The van der Waals surface area contributed by atoms with Crippen molar-refractivity contribution in [2.24, 2.45) is 17.8 Å². The smallest absolute Gasteiger partial charge is 0.270 e. The predicted molar refractivity (Wildman–Crippen MR) is 81.4 cm³/mol. The summed E-state index contributed by atoms with van der Waals surface area (Å²) in [7, 11) is 0. The Morgan fingerprint density at radius 1 is 1.35 bits per heavy atom. The summed E-state index contributed by atoms with van der Waals surface area (Å²) in [4.78, 5) is 10.3. The minimum Gasteiger partial charge on any atom is -0.312 e. The molecule has 0 aliphatic heterocycles. The Hall–Kier alpha value is -0.940. The molecule has 20 heavy (non-hydrogen) atoms. The largest absolute Gasteiger partial charge is 0.312 e. The SMILES string of the molecule is O=[N+]([O-])c1ccc(CNCC2CC3CCC2C3)c(Br)c1. The Labute approximate surface area is 127 Å². The zero-order valence-electron chi connectivity index (χ0n) is 11.3. The molecule has 0 radical (unpaired) electrons. The topological polar surface area (TPSA) is 55.2 Å². The van der Waals surface area contributed by atoms with Crippen LogP contribution in [0, 0.1) is 27.9 Å². The maximum atomic E-state index is 10.7. The quantitative estimate of drug-likeness (QED) is 0.654. The first kappa shape index (κ1) is 14.0. The average Bonchev–Trinajstić information content (AvgIpc) is 3.02. The summed E-state index contributed by atoms with van der Waals surface area (Å²) in [6.07, 6.45) is 5.68. The third-order valence-electron chi connectivity index (χ3n) is 4.85. The molecule has 108 valence electrons. The minimum absolute atomic E-state index is 0.133. The number of hydrogen-bond acceptors (Lipinski definition) is 3. The van der Waals surface area contributed by atoms with Crippen LogP contribution >= 0.6 is 15.9 Å². The summed E-state index contributed by atoms with van der Waals surface area (Å²) in [6, 6.07) is 4.98. The summed E-state index contributed by atoms with van der Waals surface area (Å²) in [5, 5.41) is 14.2. The first-order valence-electron chi connectivity index (χ1n) is 7.27. The standard InChI is InChI=1S/C15H19BrN2O2/c16-15-7-14(18(19)20)4-3-12(15)8-17-9-13-6-10-1-2-11(13)5-10/h3-4,7,10-11,13,17H,1-2,5-6,8-9H2. The van der Waals surface area contributed by atoms with E-state index >= 15 is 0 Å². The molecule has 1 N–H and O–H groups in total. The molecule has 0 spiro atoms. The van der Waals surface area contributed by atoms with E-state index in [2.05, 4.69) is 21.2 Å². The van der Waals surface area contributed by atoms with Gasteiger partial charge in [-0.3, -0.25) is 10.1 Å². The Morgan fingerprint density at radius 3 is 2.80 bits per heavy atom. The Morgan fingerprint density at radius 2 is 2.20 bits per heavy atom. The fourth-order valence-corrected chi connectivity index (χ4v) is 4.32. The zero-order valence-corrected chi connectivity index (χ0v) is 12.9. The fraction of sp³-hybridized carbons (Fsp3) is 0.600. The van der Waals surface area contributed by atoms with Crippen molar-refractivity contribution in [3.63, 3.8) is 0 Å². The molecule has 0 amide bonds. The molecule has 3 rings (SSSR count). The first-order valence-corrected chi connectivity index (χ1v) is 8.06. The lowest BCUT2D eigenvalue weighted by Crippen LogP contribution is -2.26. The van der Waals surface area contributed by atoms with E-state index in [1.807, 2.05) is 6.07 Å². The van der Waals surface area contributed by atoms with Crippen molar-refractivity contribution in [3.05, 3.63) is 38.3 Å². The Bertz CT molecular complexity index is 521. The van der Waals surface area contributed by atoms with Crippen molar-refractivity contribution in [2.45, 2.75) is 32.2 Å². The van der Waals surface area contributed by atoms with E-state index in [9.17, 15) is 10.1 Å². The van der Waals surface area contributed by atoms with Gasteiger partial charge in [0.25, 0.3) is 5.69 Å². The summed E-state index contributed by atoms with van der Waals surface area (Å²) in [6.45, 7) is 1.84. The second-order valence-electron chi connectivity index (χ2n) is 6.10. The van der Waals surface area contributed by atoms with Crippen molar-refractivity contribution >= 4 is 21.6 Å². The number of benzene rings is 1. The highest BCUT2D eigenvalue weighted by Crippen LogP contribution is 2.47. The number of fused-ring (bicyclic) bond motifs is 2. The van der Waals surface area contributed by atoms with E-state index in [0.717, 1.165) is 40.9 Å². The van der Waals surface area contributed by atoms with E-state index in [4.69, 9.17) is 0 Å². The van der Waals surface area contributed by atoms with Gasteiger partial charge in [-0.1, -0.05) is 22.4 Å². The first-order chi connectivity index (χ1) is 9.63. The molecule has 2 saturated carbocycles. The third-order valence-corrected chi connectivity index (χ3v) is 5.59. The Balaban J connectivity index is 1.52. The van der Waals surface area contributed by atoms with E-state index in [1.54, 1.807) is 12.1 Å². The summed E-state index contributed by atoms with van der Waals surface area (Å²) in [5.74, 6) is 2.76. The molecule has 4 nitrogen and oxygen atoms in total. The van der Waals surface area contributed by atoms with Gasteiger partial charge in [-0.15, -0.1) is 0 Å². The molecule has 1 aromatic carbocycles. The van der Waals surface area contributed by atoms with Crippen LogP contribution < -0.4 is 5.32 Å². The van der Waals surface area contributed by atoms with Crippen molar-refractivity contribution in [1.29, 1.82) is 0 Å². The normalized spacial score (nSPS) is 27.9. The lowest BCUT2D eigenvalue weighted by molar-refractivity contribution is -0.384. The molecule has 3 unspecified atom stereocenters. The van der Waals surface area contributed by atoms with Crippen molar-refractivity contribution in [3.8, 4) is 0 Å². The zero-order chi connectivity index (χ0) is 14.1. The predicted octanol–water partition coefficient (Wildman–Crippen LogP) is 3.88. The fourth-order valence-electron chi connectivity index (χ4n) is 3.81. The second kappa shape index (κ2) is 5.82. The number of non-ortho nitro benzene ring substituents is 1. The van der Waals surface area contributed by atoms with Gasteiger partial charge in [-0.25, -0.2) is 0 Å². The van der Waals surface area contributed by atoms with E-state index in [0.29, 0.717) is 0 Å². The molecule has 0 heterocycles. The number of nitrogens with zero attached hydrogens (tertiary/aromatic N) is 1. The van der Waals surface area contributed by atoms with Gasteiger partial charge in [0.05, 0.1) is 4.92 Å². The number of nitro groups is 1.